The largest absolute Gasteiger partial charge is 0.391 e. The molecule has 2 fully saturated rings. The van der Waals surface area contributed by atoms with E-state index in [1.54, 1.807) is 0 Å². The molecule has 0 radical (unpaired) electrons. The molecule has 1 aliphatic heterocycles. The number of halogens is 3. The smallest absolute Gasteiger partial charge is 0.368 e. The second-order valence-electron chi connectivity index (χ2n) is 5.80. The molecule has 1 saturated carbocycles. The number of carbonyl (C=O) groups is 1. The zero-order chi connectivity index (χ0) is 14.8. The highest BCUT2D eigenvalue weighted by molar-refractivity contribution is 5.84. The van der Waals surface area contributed by atoms with Crippen LogP contribution in [-0.4, -0.2) is 48.7 Å². The molecule has 4 nitrogen and oxygen atoms in total. The molecule has 116 valence electrons. The van der Waals surface area contributed by atoms with Crippen molar-refractivity contribution in [2.75, 3.05) is 26.2 Å². The molecule has 0 unspecified atom stereocenters. The van der Waals surface area contributed by atoms with Crippen molar-refractivity contribution in [1.29, 1.82) is 0 Å². The summed E-state index contributed by atoms with van der Waals surface area (Å²) < 4.78 is 38.3. The van der Waals surface area contributed by atoms with Gasteiger partial charge >= 0.3 is 6.18 Å². The number of primary amides is 1. The van der Waals surface area contributed by atoms with E-state index in [9.17, 15) is 18.0 Å². The van der Waals surface area contributed by atoms with E-state index in [0.717, 1.165) is 19.5 Å². The van der Waals surface area contributed by atoms with E-state index < -0.39 is 23.5 Å². The highest BCUT2D eigenvalue weighted by atomic mass is 19.4. The molecule has 0 atom stereocenters. The Balaban J connectivity index is 2.10. The van der Waals surface area contributed by atoms with E-state index in [1.807, 2.05) is 4.90 Å². The SMILES string of the molecule is NC(=O)C1(N2CCCNCC2)CCC(C(F)(F)F)CC1. The fourth-order valence-electron chi connectivity index (χ4n) is 3.41. The molecule has 0 aromatic heterocycles. The van der Waals surface area contributed by atoms with Gasteiger partial charge in [-0.3, -0.25) is 9.69 Å². The number of hydrogen-bond acceptors (Lipinski definition) is 3. The van der Waals surface area contributed by atoms with E-state index in [1.165, 1.54) is 0 Å². The van der Waals surface area contributed by atoms with Crippen molar-refractivity contribution in [1.82, 2.24) is 10.2 Å². The Bertz CT molecular complexity index is 343. The van der Waals surface area contributed by atoms with E-state index in [0.29, 0.717) is 13.1 Å². The van der Waals surface area contributed by atoms with Gasteiger partial charge in [0.2, 0.25) is 5.91 Å². The highest BCUT2D eigenvalue weighted by Gasteiger charge is 2.50. The third kappa shape index (κ3) is 3.09. The minimum absolute atomic E-state index is 0.00360. The van der Waals surface area contributed by atoms with E-state index >= 15 is 0 Å². The predicted molar refractivity (Wildman–Crippen MR) is 69.0 cm³/mol. The van der Waals surface area contributed by atoms with Gasteiger partial charge in [0.15, 0.2) is 0 Å². The van der Waals surface area contributed by atoms with Crippen LogP contribution in [0, 0.1) is 5.92 Å². The molecule has 1 heterocycles. The summed E-state index contributed by atoms with van der Waals surface area (Å²) >= 11 is 0. The number of rotatable bonds is 2. The fourth-order valence-corrected chi connectivity index (χ4v) is 3.41. The molecule has 2 aliphatic rings. The Labute approximate surface area is 116 Å². The number of amides is 1. The second-order valence-corrected chi connectivity index (χ2v) is 5.80. The van der Waals surface area contributed by atoms with Crippen molar-refractivity contribution in [2.45, 2.75) is 43.8 Å². The van der Waals surface area contributed by atoms with Crippen LogP contribution in [0.5, 0.6) is 0 Å². The number of nitrogens with zero attached hydrogens (tertiary/aromatic N) is 1. The van der Waals surface area contributed by atoms with Gasteiger partial charge in [0, 0.05) is 19.6 Å². The van der Waals surface area contributed by atoms with E-state index in [4.69, 9.17) is 5.73 Å². The third-order valence-electron chi connectivity index (χ3n) is 4.68. The standard InChI is InChI=1S/C13H22F3N3O/c14-13(15,16)10-2-4-12(5-3-10,11(17)20)19-8-1-6-18-7-9-19/h10,18H,1-9H2,(H2,17,20). The first-order chi connectivity index (χ1) is 9.36. The monoisotopic (exact) mass is 293 g/mol. The minimum Gasteiger partial charge on any atom is -0.368 e. The quantitative estimate of drug-likeness (QED) is 0.806. The lowest BCUT2D eigenvalue weighted by Crippen LogP contribution is -2.60. The molecule has 1 saturated heterocycles. The summed E-state index contributed by atoms with van der Waals surface area (Å²) in [5, 5.41) is 3.23. The van der Waals surface area contributed by atoms with Gasteiger partial charge in [-0.25, -0.2) is 0 Å². The summed E-state index contributed by atoms with van der Waals surface area (Å²) in [5.74, 6) is -1.76. The fraction of sp³-hybridized carbons (Fsp3) is 0.923. The van der Waals surface area contributed by atoms with Crippen LogP contribution in [0.25, 0.3) is 0 Å². The molecule has 0 aromatic carbocycles. The minimum atomic E-state index is -4.16. The van der Waals surface area contributed by atoms with Crippen LogP contribution >= 0.6 is 0 Å². The summed E-state index contributed by atoms with van der Waals surface area (Å²) in [4.78, 5) is 13.9. The summed E-state index contributed by atoms with van der Waals surface area (Å²) in [7, 11) is 0. The zero-order valence-corrected chi connectivity index (χ0v) is 11.5. The van der Waals surface area contributed by atoms with Crippen LogP contribution in [0.2, 0.25) is 0 Å². The maximum Gasteiger partial charge on any atom is 0.391 e. The lowest BCUT2D eigenvalue weighted by Gasteiger charge is -2.45. The van der Waals surface area contributed by atoms with Gasteiger partial charge in [0.25, 0.3) is 0 Å². The van der Waals surface area contributed by atoms with Gasteiger partial charge in [0.1, 0.15) is 5.54 Å². The Hall–Kier alpha value is -0.820. The van der Waals surface area contributed by atoms with Gasteiger partial charge < -0.3 is 11.1 Å². The number of nitrogens with one attached hydrogen (secondary N) is 1. The van der Waals surface area contributed by atoms with Crippen LogP contribution in [0.15, 0.2) is 0 Å². The number of hydrogen-bond donors (Lipinski definition) is 2. The van der Waals surface area contributed by atoms with Crippen LogP contribution in [0.3, 0.4) is 0 Å². The van der Waals surface area contributed by atoms with Crippen molar-refractivity contribution in [3.63, 3.8) is 0 Å². The molecule has 3 N–H and O–H groups in total. The normalized spacial score (nSPS) is 33.6. The van der Waals surface area contributed by atoms with Crippen molar-refractivity contribution >= 4 is 5.91 Å². The Kier molecular flexibility index (Phi) is 4.59. The van der Waals surface area contributed by atoms with Gasteiger partial charge in [-0.2, -0.15) is 13.2 Å². The van der Waals surface area contributed by atoms with Crippen LogP contribution < -0.4 is 11.1 Å². The Morgan fingerprint density at radius 1 is 1.20 bits per heavy atom. The summed E-state index contributed by atoms with van der Waals surface area (Å²) in [6.45, 7) is 3.00. The highest BCUT2D eigenvalue weighted by Crippen LogP contribution is 2.43. The Morgan fingerprint density at radius 2 is 1.85 bits per heavy atom. The molecular formula is C13H22F3N3O. The predicted octanol–water partition coefficient (Wildman–Crippen LogP) is 1.26. The van der Waals surface area contributed by atoms with E-state index in [2.05, 4.69) is 5.32 Å². The van der Waals surface area contributed by atoms with Crippen molar-refractivity contribution in [3.05, 3.63) is 0 Å². The molecule has 2 rings (SSSR count). The number of alkyl halides is 3. The maximum atomic E-state index is 12.8. The van der Waals surface area contributed by atoms with E-state index in [-0.39, 0.29) is 25.7 Å². The van der Waals surface area contributed by atoms with Gasteiger partial charge in [0.05, 0.1) is 5.92 Å². The average Bonchev–Trinajstić information content (AvgIpc) is 2.66. The Morgan fingerprint density at radius 3 is 2.40 bits per heavy atom. The molecule has 1 aliphatic carbocycles. The first kappa shape index (κ1) is 15.6. The molecular weight excluding hydrogens is 271 g/mol. The lowest BCUT2D eigenvalue weighted by atomic mass is 9.74. The average molecular weight is 293 g/mol. The number of nitrogens with two attached hydrogens (primary N) is 1. The maximum absolute atomic E-state index is 12.8. The van der Waals surface area contributed by atoms with Gasteiger partial charge in [-0.05, 0) is 38.6 Å². The van der Waals surface area contributed by atoms with Crippen molar-refractivity contribution in [3.8, 4) is 0 Å². The summed E-state index contributed by atoms with van der Waals surface area (Å²) in [6, 6.07) is 0. The van der Waals surface area contributed by atoms with Gasteiger partial charge in [-0.15, -0.1) is 0 Å². The molecule has 7 heteroatoms. The first-order valence-electron chi connectivity index (χ1n) is 7.19. The second kappa shape index (κ2) is 5.89. The molecule has 20 heavy (non-hydrogen) atoms. The summed E-state index contributed by atoms with van der Waals surface area (Å²) in [6.07, 6.45) is -2.85. The first-order valence-corrected chi connectivity index (χ1v) is 7.19. The molecule has 0 aromatic rings. The van der Waals surface area contributed by atoms with Crippen LogP contribution in [0.1, 0.15) is 32.1 Å². The van der Waals surface area contributed by atoms with Crippen molar-refractivity contribution < 1.29 is 18.0 Å². The summed E-state index contributed by atoms with van der Waals surface area (Å²) in [5.41, 5.74) is 4.68. The van der Waals surface area contributed by atoms with Crippen molar-refractivity contribution in [2.24, 2.45) is 11.7 Å². The topological polar surface area (TPSA) is 58.4 Å². The third-order valence-corrected chi connectivity index (χ3v) is 4.68. The van der Waals surface area contributed by atoms with Gasteiger partial charge in [-0.1, -0.05) is 0 Å². The van der Waals surface area contributed by atoms with Crippen LogP contribution in [-0.2, 0) is 4.79 Å². The zero-order valence-electron chi connectivity index (χ0n) is 11.5. The lowest BCUT2D eigenvalue weighted by molar-refractivity contribution is -0.189. The number of carbonyl (C=O) groups excluding carboxylic acids is 1. The molecule has 0 spiro atoms. The molecule has 1 amide bonds. The molecule has 0 bridgehead atoms. The van der Waals surface area contributed by atoms with Crippen LogP contribution in [0.4, 0.5) is 13.2 Å².